The molecule has 1 amide bonds. The average Bonchev–Trinajstić information content (AvgIpc) is 3.24. The highest BCUT2D eigenvalue weighted by Crippen LogP contribution is 2.30. The number of aromatic nitrogens is 2. The molecule has 0 aliphatic rings. The van der Waals surface area contributed by atoms with E-state index in [4.69, 9.17) is 0 Å². The van der Waals surface area contributed by atoms with Crippen LogP contribution in [0.1, 0.15) is 17.4 Å². The third-order valence-corrected chi connectivity index (χ3v) is 7.34. The Kier molecular flexibility index (Phi) is 6.40. The minimum atomic E-state index is -4.54. The zero-order chi connectivity index (χ0) is 27.1. The highest BCUT2D eigenvalue weighted by atomic mass is 32.2. The zero-order valence-electron chi connectivity index (χ0n) is 20.2. The fraction of sp³-hybridized carbons (Fsp3) is 0.167. The van der Waals surface area contributed by atoms with Crippen LogP contribution in [0.25, 0.3) is 21.8 Å². The van der Waals surface area contributed by atoms with Crippen molar-refractivity contribution in [3.8, 4) is 11.5 Å². The first-order valence-electron chi connectivity index (χ1n) is 10.9. The highest BCUT2D eigenvalue weighted by Gasteiger charge is 2.25. The van der Waals surface area contributed by atoms with E-state index in [1.165, 1.54) is 31.3 Å². The number of hydrogen-bond acceptors (Lipinski definition) is 7. The Morgan fingerprint density at radius 1 is 1.19 bits per heavy atom. The van der Waals surface area contributed by atoms with Crippen molar-refractivity contribution < 1.29 is 22.9 Å². The predicted octanol–water partition coefficient (Wildman–Crippen LogP) is 3.37. The number of rotatable bonds is 5. The van der Waals surface area contributed by atoms with Crippen molar-refractivity contribution >= 4 is 63.0 Å². The molecule has 0 fully saturated rings. The normalized spacial score (nSPS) is 12.4. The number of hydrogen-bond donors (Lipinski definition) is 2. The number of nitro benzene ring substituents is 1. The van der Waals surface area contributed by atoms with Gasteiger partial charge in [0.25, 0.3) is 21.5 Å². The molecule has 0 radical (unpaired) electrons. The Hall–Kier alpha value is -4.41. The molecule has 188 valence electrons. The van der Waals surface area contributed by atoms with Gasteiger partial charge in [0.2, 0.25) is 5.91 Å². The molecule has 0 saturated carbocycles. The Morgan fingerprint density at radius 3 is 2.54 bits per heavy atom. The average molecular weight is 536 g/mol. The SMILES string of the molecule is CC(=O)Nc1c/c(=N/S(=O)(=O)c2ccccc2[N+](=O)[O-])c2ncc3cc(C(=O)C#C[Si](C)(C)C)[nH]c1c32. The minimum Gasteiger partial charge on any atom is -0.349 e. The maximum atomic E-state index is 13.1. The topological polar surface area (TPSA) is 164 Å². The number of para-hydroxylation sites is 1. The fourth-order valence-corrected chi connectivity index (χ4v) is 5.27. The molecule has 4 aromatic rings. The van der Waals surface area contributed by atoms with Crippen LogP contribution < -0.4 is 10.7 Å². The molecule has 0 unspecified atom stereocenters. The van der Waals surface area contributed by atoms with Crippen LogP contribution in [0.3, 0.4) is 0 Å². The van der Waals surface area contributed by atoms with Crippen molar-refractivity contribution in [2.45, 2.75) is 31.5 Å². The standard InChI is InChI=1S/C24H21N5O6SSi/c1-14(30)26-17-12-18(28-36(34,35)21-8-6-5-7-19(21)29(32)33)23-22-15(13-25-23)11-16(27-24(17)22)20(31)9-10-37(2,3)4/h5-8,11-13,27H,1-4H3,(H,26,30)/b28-18-. The first kappa shape index (κ1) is 25.7. The van der Waals surface area contributed by atoms with Gasteiger partial charge in [-0.25, -0.2) is 0 Å². The number of carbonyl (C=O) groups excluding carboxylic acids is 2. The van der Waals surface area contributed by atoms with Crippen molar-refractivity contribution in [3.63, 3.8) is 0 Å². The third-order valence-electron chi connectivity index (χ3n) is 5.13. The zero-order valence-corrected chi connectivity index (χ0v) is 22.1. The molecule has 0 atom stereocenters. The molecule has 13 heteroatoms. The molecule has 2 aromatic carbocycles. The first-order chi connectivity index (χ1) is 17.3. The summed E-state index contributed by atoms with van der Waals surface area (Å²) in [6.07, 6.45) is 1.45. The van der Waals surface area contributed by atoms with Gasteiger partial charge >= 0.3 is 0 Å². The molecular formula is C24H21N5O6SSi. The number of amides is 1. The number of nitrogens with zero attached hydrogens (tertiary/aromatic N) is 3. The number of H-pyrrole nitrogens is 1. The van der Waals surface area contributed by atoms with Gasteiger partial charge in [0, 0.05) is 30.0 Å². The molecule has 0 bridgehead atoms. The number of Topliss-reactive ketones (excluding diaryl/α,β-unsaturated/α-hetero) is 1. The molecule has 2 aromatic heterocycles. The summed E-state index contributed by atoms with van der Waals surface area (Å²) in [5.74, 6) is 1.77. The fourth-order valence-electron chi connectivity index (χ4n) is 3.63. The molecule has 0 spiro atoms. The van der Waals surface area contributed by atoms with Crippen LogP contribution in [0.5, 0.6) is 0 Å². The van der Waals surface area contributed by atoms with Crippen molar-refractivity contribution in [2.75, 3.05) is 5.32 Å². The summed E-state index contributed by atoms with van der Waals surface area (Å²) in [6, 6.07) is 7.69. The molecule has 11 nitrogen and oxygen atoms in total. The van der Waals surface area contributed by atoms with Crippen molar-refractivity contribution in [2.24, 2.45) is 4.40 Å². The van der Waals surface area contributed by atoms with E-state index in [0.29, 0.717) is 16.3 Å². The van der Waals surface area contributed by atoms with Crippen LogP contribution in [0.2, 0.25) is 19.6 Å². The summed E-state index contributed by atoms with van der Waals surface area (Å²) in [5, 5.41) is 14.8. The van der Waals surface area contributed by atoms with Crippen molar-refractivity contribution in [1.29, 1.82) is 0 Å². The number of anilines is 1. The number of carbonyl (C=O) groups is 2. The number of benzene rings is 2. The lowest BCUT2D eigenvalue weighted by Gasteiger charge is -2.10. The summed E-state index contributed by atoms with van der Waals surface area (Å²) in [6.45, 7) is 7.29. The monoisotopic (exact) mass is 535 g/mol. The molecule has 4 rings (SSSR count). The Morgan fingerprint density at radius 2 is 1.89 bits per heavy atom. The molecule has 2 heterocycles. The smallest absolute Gasteiger partial charge is 0.289 e. The van der Waals surface area contributed by atoms with Gasteiger partial charge in [-0.2, -0.15) is 12.8 Å². The van der Waals surface area contributed by atoms with Gasteiger partial charge in [-0.3, -0.25) is 24.7 Å². The highest BCUT2D eigenvalue weighted by molar-refractivity contribution is 7.90. The first-order valence-corrected chi connectivity index (χ1v) is 15.9. The van der Waals surface area contributed by atoms with Gasteiger partial charge in [-0.1, -0.05) is 31.8 Å². The molecule has 2 N–H and O–H groups in total. The lowest BCUT2D eigenvalue weighted by Crippen LogP contribution is -2.17. The predicted molar refractivity (Wildman–Crippen MR) is 140 cm³/mol. The Balaban J connectivity index is 2.00. The summed E-state index contributed by atoms with van der Waals surface area (Å²) in [4.78, 5) is 42.0. The maximum Gasteiger partial charge on any atom is 0.289 e. The molecule has 37 heavy (non-hydrogen) atoms. The number of ketones is 1. The van der Waals surface area contributed by atoms with Crippen molar-refractivity contribution in [3.05, 3.63) is 63.8 Å². The van der Waals surface area contributed by atoms with Gasteiger partial charge in [-0.05, 0) is 24.1 Å². The molecule has 0 saturated heterocycles. The number of nitrogens with one attached hydrogen (secondary N) is 2. The molecule has 0 aliphatic heterocycles. The lowest BCUT2D eigenvalue weighted by atomic mass is 10.1. The summed E-state index contributed by atoms with van der Waals surface area (Å²) < 4.78 is 30.1. The van der Waals surface area contributed by atoms with E-state index in [1.54, 1.807) is 6.07 Å². The van der Waals surface area contributed by atoms with Crippen molar-refractivity contribution in [1.82, 2.24) is 9.97 Å². The number of aromatic amines is 1. The molecule has 0 aliphatic carbocycles. The van der Waals surface area contributed by atoms with Gasteiger partial charge < -0.3 is 10.3 Å². The van der Waals surface area contributed by atoms with Crippen LogP contribution in [0, 0.1) is 21.6 Å². The Labute approximate surface area is 212 Å². The second-order valence-electron chi connectivity index (χ2n) is 9.24. The summed E-state index contributed by atoms with van der Waals surface area (Å²) in [7, 11) is -6.35. The largest absolute Gasteiger partial charge is 0.349 e. The summed E-state index contributed by atoms with van der Waals surface area (Å²) >= 11 is 0. The van der Waals surface area contributed by atoms with Crippen LogP contribution >= 0.6 is 0 Å². The third kappa shape index (κ3) is 5.25. The number of sulfonamides is 1. The number of nitro groups is 1. The van der Waals surface area contributed by atoms with Crippen LogP contribution in [-0.4, -0.2) is 43.1 Å². The van der Waals surface area contributed by atoms with Gasteiger partial charge in [0.15, 0.2) is 4.90 Å². The second-order valence-corrected chi connectivity index (χ2v) is 15.6. The number of pyridine rings is 1. The maximum absolute atomic E-state index is 13.1. The minimum absolute atomic E-state index is 0.129. The van der Waals surface area contributed by atoms with Gasteiger partial charge in [0.05, 0.1) is 27.3 Å². The van der Waals surface area contributed by atoms with Gasteiger partial charge in [0.1, 0.15) is 13.4 Å². The van der Waals surface area contributed by atoms with Crippen LogP contribution in [0.15, 0.2) is 51.9 Å². The van der Waals surface area contributed by atoms with E-state index < -0.39 is 45.3 Å². The lowest BCUT2D eigenvalue weighted by molar-refractivity contribution is -0.387. The van der Waals surface area contributed by atoms with E-state index >= 15 is 0 Å². The van der Waals surface area contributed by atoms with Crippen LogP contribution in [0.4, 0.5) is 11.4 Å². The van der Waals surface area contributed by atoms with E-state index in [9.17, 15) is 28.1 Å². The van der Waals surface area contributed by atoms with Crippen LogP contribution in [-0.2, 0) is 14.8 Å². The van der Waals surface area contributed by atoms with E-state index in [0.717, 1.165) is 12.1 Å². The van der Waals surface area contributed by atoms with E-state index in [1.807, 2.05) is 19.6 Å². The molecular weight excluding hydrogens is 514 g/mol. The van der Waals surface area contributed by atoms with E-state index in [2.05, 4.69) is 31.1 Å². The summed E-state index contributed by atoms with van der Waals surface area (Å²) in [5.41, 5.74) is 3.23. The second kappa shape index (κ2) is 9.23. The Bertz CT molecular complexity index is 1850. The van der Waals surface area contributed by atoms with Gasteiger partial charge in [-0.15, -0.1) is 5.54 Å². The van der Waals surface area contributed by atoms with E-state index in [-0.39, 0.29) is 22.3 Å². The quantitative estimate of drug-likeness (QED) is 0.130.